The Hall–Kier alpha value is -5.94. The van der Waals surface area contributed by atoms with Gasteiger partial charge in [-0.05, 0) is 59.3 Å². The number of amides is 6. The van der Waals surface area contributed by atoms with Gasteiger partial charge in [0.25, 0.3) is 23.6 Å². The number of imide groups is 2. The van der Waals surface area contributed by atoms with Gasteiger partial charge in [-0.1, -0.05) is 0 Å². The number of nitrogens with zero attached hydrogens (tertiary/aromatic N) is 2. The van der Waals surface area contributed by atoms with E-state index in [0.29, 0.717) is 401 Å². The van der Waals surface area contributed by atoms with Gasteiger partial charge in [-0.15, -0.1) is 0 Å². The molecule has 6 amide bonds. The number of nitrogens with one attached hydrogen (secondary N) is 2. The minimum absolute atomic E-state index is 0.0200. The third-order valence-electron chi connectivity index (χ3n) is 18.3. The van der Waals surface area contributed by atoms with Crippen LogP contribution in [0.2, 0.25) is 0 Å². The van der Waals surface area contributed by atoms with Crippen molar-refractivity contribution in [1.29, 1.82) is 0 Å². The Morgan fingerprint density at radius 2 is 0.452 bits per heavy atom. The topological polar surface area (TPSA) is 469 Å². The summed E-state index contributed by atoms with van der Waals surface area (Å²) in [7, 11) is 0. The van der Waals surface area contributed by atoms with Crippen LogP contribution in [0, 0.1) is 0 Å². The Morgan fingerprint density at radius 1 is 0.244 bits per heavy atom. The lowest BCUT2D eigenvalue weighted by molar-refractivity contribution is -0.156. The first-order valence-electron chi connectivity index (χ1n) is 47.6. The van der Waals surface area contributed by atoms with Crippen LogP contribution in [-0.4, -0.2) is 470 Å². The van der Waals surface area contributed by atoms with E-state index in [2.05, 4.69) is 10.6 Å². The summed E-state index contributed by atoms with van der Waals surface area (Å²) in [4.78, 5) is 123. The highest BCUT2D eigenvalue weighted by Gasteiger charge is 2.26. The smallest absolute Gasteiger partial charge is 0.308 e. The lowest BCUT2D eigenvalue weighted by atomic mass is 10.0. The van der Waals surface area contributed by atoms with Crippen molar-refractivity contribution in [3.8, 4) is 0 Å². The molecule has 0 aromatic rings. The van der Waals surface area contributed by atoms with E-state index in [-0.39, 0.29) is 137 Å². The highest BCUT2D eigenvalue weighted by atomic mass is 16.6. The second kappa shape index (κ2) is 95.6. The van der Waals surface area contributed by atoms with Gasteiger partial charge in [0.2, 0.25) is 11.8 Å². The van der Waals surface area contributed by atoms with Crippen LogP contribution < -0.4 is 10.6 Å². The quantitative estimate of drug-likeness (QED) is 0.0501. The summed E-state index contributed by atoms with van der Waals surface area (Å²) >= 11 is 0. The molecule has 2 aliphatic rings. The van der Waals surface area contributed by atoms with E-state index in [1.54, 1.807) is 0 Å². The van der Waals surface area contributed by atoms with Gasteiger partial charge in [0.1, 0.15) is 17.2 Å². The molecule has 0 aliphatic carbocycles. The summed E-state index contributed by atoms with van der Waals surface area (Å²) in [6, 6.07) is -0.723. The average Bonchev–Trinajstić information content (AvgIpc) is 1.74. The Kier molecular flexibility index (Phi) is 88.6. The van der Waals surface area contributed by atoms with Crippen molar-refractivity contribution < 1.29 is 185 Å². The molecule has 0 radical (unpaired) electrons. The second-order valence-corrected chi connectivity index (χ2v) is 30.6. The largest absolute Gasteiger partial charge is 0.460 e. The number of ether oxygens (including phenoxy) is 29. The van der Waals surface area contributed by atoms with Gasteiger partial charge in [-0.3, -0.25) is 57.7 Å². The molecule has 2 N–H and O–H groups in total. The molecule has 1 atom stereocenters. The maximum atomic E-state index is 13.5. The van der Waals surface area contributed by atoms with Gasteiger partial charge < -0.3 is 148 Å². The zero-order chi connectivity index (χ0) is 97.4. The van der Waals surface area contributed by atoms with Gasteiger partial charge in [0.15, 0.2) is 5.78 Å². The Balaban J connectivity index is 1.38. The molecule has 2 rings (SSSR count). The molecule has 2 heterocycles. The monoisotopic (exact) mass is 1950 g/mol. The predicted octanol–water partition coefficient (Wildman–Crippen LogP) is 2.41. The van der Waals surface area contributed by atoms with E-state index < -0.39 is 11.6 Å². The van der Waals surface area contributed by atoms with E-state index in [1.807, 2.05) is 20.8 Å². The summed E-state index contributed by atoms with van der Waals surface area (Å²) in [5.74, 6) is -2.49. The third-order valence-corrected chi connectivity index (χ3v) is 18.3. The van der Waals surface area contributed by atoms with E-state index in [9.17, 15) is 47.9 Å². The van der Waals surface area contributed by atoms with E-state index in [1.165, 1.54) is 24.3 Å². The highest BCUT2D eigenvalue weighted by molar-refractivity contribution is 6.13. The summed E-state index contributed by atoms with van der Waals surface area (Å²) in [6.07, 6.45) is 9.46. The fraction of sp³-hybridized carbons (Fsp3) is 0.848. The number of hydrogen-bond donors (Lipinski definition) is 2. The predicted molar refractivity (Wildman–Crippen MR) is 485 cm³/mol. The number of esters is 1. The van der Waals surface area contributed by atoms with Crippen LogP contribution in [0.25, 0.3) is 0 Å². The molecular weight excluding hydrogens is 1790 g/mol. The number of rotatable bonds is 109. The third kappa shape index (κ3) is 86.9. The summed E-state index contributed by atoms with van der Waals surface area (Å²) < 4.78 is 160. The van der Waals surface area contributed by atoms with Crippen molar-refractivity contribution in [1.82, 2.24) is 20.4 Å². The first-order valence-corrected chi connectivity index (χ1v) is 47.6. The number of carbonyl (C=O) groups excluding carboxylic acids is 10. The molecule has 1 unspecified atom stereocenters. The van der Waals surface area contributed by atoms with Crippen LogP contribution in [0.5, 0.6) is 0 Å². The van der Waals surface area contributed by atoms with Crippen LogP contribution in [0.15, 0.2) is 24.3 Å². The van der Waals surface area contributed by atoms with E-state index in [0.717, 1.165) is 9.80 Å². The van der Waals surface area contributed by atoms with Gasteiger partial charge in [-0.2, -0.15) is 0 Å². The van der Waals surface area contributed by atoms with Crippen LogP contribution in [0.4, 0.5) is 0 Å². The van der Waals surface area contributed by atoms with E-state index in [4.69, 9.17) is 137 Å². The minimum Gasteiger partial charge on any atom is -0.460 e. The van der Waals surface area contributed by atoms with Gasteiger partial charge in [0.05, 0.1) is 363 Å². The van der Waals surface area contributed by atoms with Crippen LogP contribution >= 0.6 is 0 Å². The summed E-state index contributed by atoms with van der Waals surface area (Å²) in [5.41, 5.74) is -0.537. The molecule has 0 fully saturated rings. The molecule has 43 heteroatoms. The van der Waals surface area contributed by atoms with Gasteiger partial charge >= 0.3 is 5.97 Å². The fourth-order valence-electron chi connectivity index (χ4n) is 11.3. The minimum atomic E-state index is -0.723. The first kappa shape index (κ1) is 125. The molecule has 43 nitrogen and oxygen atoms in total. The summed E-state index contributed by atoms with van der Waals surface area (Å²) in [5, 5.41) is 5.79. The number of carbonyl (C=O) groups is 10. The lowest BCUT2D eigenvalue weighted by Crippen LogP contribution is -2.41. The Labute approximate surface area is 797 Å². The van der Waals surface area contributed by atoms with Crippen molar-refractivity contribution in [2.45, 2.75) is 122 Å². The molecule has 0 bridgehead atoms. The molecule has 2 aliphatic heterocycles. The zero-order valence-electron chi connectivity index (χ0n) is 80.8. The van der Waals surface area contributed by atoms with Gasteiger partial charge in [0, 0.05) is 109 Å². The second-order valence-electron chi connectivity index (χ2n) is 30.6. The molecule has 0 spiro atoms. The average molecular weight is 1950 g/mol. The Morgan fingerprint density at radius 3 is 0.689 bits per heavy atom. The fourth-order valence-corrected chi connectivity index (χ4v) is 11.3. The molecule has 0 saturated carbocycles. The number of Topliss-reactive ketones (excluding diaryl/α,β-unsaturated/α-hetero) is 3. The standard InChI is InChI=1S/C92H162N4O39/c1-92(2,3)135-91(106)21-30-112-36-42-118-46-43-115-39-33-109-27-8-12-84(99)83(94-86(101)20-29-111-35-41-117-48-52-122-56-60-126-64-68-130-72-76-134-80-78-132-74-70-128-66-62-124-58-54-120-50-45-114-38-32-108-26-7-10-82(98)18-24-96-89(104)15-16-90(96)105)11-4-5-22-93-85(100)19-28-110-34-40-116-47-51-121-55-59-125-63-67-129-71-75-133-79-77-131-73-69-127-65-61-123-57-53-119-49-44-113-37-31-107-25-6-9-81(97)17-23-95-87(102)13-14-88(95)103/h13-16,83H,4-12,17-80H2,1-3H3,(H,93,100)(H,94,101). The Bertz CT molecular complexity index is 2910. The maximum Gasteiger partial charge on any atom is 0.308 e. The SMILES string of the molecule is CC(C)(C)OC(=O)CCOCCOCCOCCOCCCC(=O)C(CCCCNC(=O)CCOCCOCCOCCOCCOCCOCCOCCOCCOCCOCCOCCOCCCC(=O)CCN1C(=O)C=CC1=O)NC(=O)CCOCCOCCOCCOCCOCCOCCOCCOCCOCCOCCOCCOCCCC(=O)CCN1C(=O)C=CC1=O. The normalized spacial score (nSPS) is 13.0. The number of hydrogen-bond acceptors (Lipinski definition) is 39. The van der Waals surface area contributed by atoms with Crippen molar-refractivity contribution in [3.63, 3.8) is 0 Å². The van der Waals surface area contributed by atoms with Crippen LogP contribution in [0.1, 0.15) is 111 Å². The number of ketones is 3. The van der Waals surface area contributed by atoms with Crippen molar-refractivity contribution in [3.05, 3.63) is 24.3 Å². The van der Waals surface area contributed by atoms with Crippen LogP contribution in [0.3, 0.4) is 0 Å². The van der Waals surface area contributed by atoms with Crippen molar-refractivity contribution in [2.24, 2.45) is 0 Å². The molecule has 0 aromatic heterocycles. The molecule has 784 valence electrons. The summed E-state index contributed by atoms with van der Waals surface area (Å²) in [6.45, 7) is 28.0. The van der Waals surface area contributed by atoms with Crippen LogP contribution in [-0.2, 0) is 185 Å². The first-order chi connectivity index (χ1) is 66.1. The highest BCUT2D eigenvalue weighted by Crippen LogP contribution is 2.12. The molecule has 0 aromatic carbocycles. The maximum absolute atomic E-state index is 13.5. The molecular formula is C92H162N4O39. The number of unbranched alkanes of at least 4 members (excludes halogenated alkanes) is 1. The molecule has 0 saturated heterocycles. The van der Waals surface area contributed by atoms with Crippen molar-refractivity contribution >= 4 is 58.8 Å². The van der Waals surface area contributed by atoms with Crippen molar-refractivity contribution in [2.75, 3.05) is 390 Å². The van der Waals surface area contributed by atoms with Gasteiger partial charge in [-0.25, -0.2) is 0 Å². The lowest BCUT2D eigenvalue weighted by Gasteiger charge is -2.19. The zero-order valence-corrected chi connectivity index (χ0v) is 80.8. The molecule has 135 heavy (non-hydrogen) atoms. The van der Waals surface area contributed by atoms with E-state index >= 15 is 0 Å².